The Balaban J connectivity index is 2.82. The Morgan fingerprint density at radius 2 is 2.25 bits per heavy atom. The van der Waals surface area contributed by atoms with Crippen molar-refractivity contribution in [2.24, 2.45) is 0 Å². The minimum atomic E-state index is -2.93. The molecule has 0 N–H and O–H groups in total. The van der Waals surface area contributed by atoms with Crippen molar-refractivity contribution in [3.8, 4) is 0 Å². The summed E-state index contributed by atoms with van der Waals surface area (Å²) >= 11 is 0. The molecule has 3 nitrogen and oxygen atoms in total. The number of alkyl halides is 2. The number of rotatable bonds is 4. The van der Waals surface area contributed by atoms with Crippen LogP contribution in [-0.2, 0) is 16.0 Å². The summed E-state index contributed by atoms with van der Waals surface area (Å²) in [4.78, 5) is 14.6. The minimum Gasteiger partial charge on any atom is -0.466 e. The van der Waals surface area contributed by atoms with Crippen molar-refractivity contribution < 1.29 is 22.7 Å². The number of carbonyl (C=O) groups is 1. The molecule has 0 aliphatic heterocycles. The van der Waals surface area contributed by atoms with Crippen molar-refractivity contribution in [1.29, 1.82) is 0 Å². The van der Waals surface area contributed by atoms with E-state index < -0.39 is 23.8 Å². The van der Waals surface area contributed by atoms with Gasteiger partial charge in [0.25, 0.3) is 6.43 Å². The largest absolute Gasteiger partial charge is 0.466 e. The second-order valence-corrected chi connectivity index (χ2v) is 2.98. The van der Waals surface area contributed by atoms with Crippen molar-refractivity contribution >= 4 is 5.97 Å². The van der Waals surface area contributed by atoms with Crippen molar-refractivity contribution in [2.75, 3.05) is 6.61 Å². The third-order valence-electron chi connectivity index (χ3n) is 1.81. The highest BCUT2D eigenvalue weighted by Gasteiger charge is 2.16. The third kappa shape index (κ3) is 3.22. The van der Waals surface area contributed by atoms with Gasteiger partial charge in [-0.05, 0) is 13.0 Å². The molecule has 0 aliphatic carbocycles. The molecule has 0 fully saturated rings. The highest BCUT2D eigenvalue weighted by Crippen LogP contribution is 2.22. The van der Waals surface area contributed by atoms with Gasteiger partial charge in [0.2, 0.25) is 0 Å². The average molecular weight is 233 g/mol. The Kier molecular flexibility index (Phi) is 4.28. The molecule has 0 unspecified atom stereocenters. The Morgan fingerprint density at radius 3 is 2.81 bits per heavy atom. The van der Waals surface area contributed by atoms with Crippen LogP contribution in [-0.4, -0.2) is 17.6 Å². The van der Waals surface area contributed by atoms with E-state index in [1.807, 2.05) is 0 Å². The normalized spacial score (nSPS) is 10.6. The van der Waals surface area contributed by atoms with E-state index >= 15 is 0 Å². The number of carbonyl (C=O) groups excluding carboxylic acids is 1. The van der Waals surface area contributed by atoms with E-state index in [9.17, 15) is 18.0 Å². The van der Waals surface area contributed by atoms with Crippen LogP contribution in [0.5, 0.6) is 0 Å². The van der Waals surface area contributed by atoms with Crippen LogP contribution in [0, 0.1) is 5.82 Å². The van der Waals surface area contributed by atoms with E-state index in [0.29, 0.717) is 6.20 Å². The standard InChI is InChI=1S/C10H10F3NO2/c1-2-16-9(15)4-6-3-7(10(12)13)8(11)5-14-6/h3,5,10H,2,4H2,1H3. The maximum absolute atomic E-state index is 12.8. The van der Waals surface area contributed by atoms with Crippen LogP contribution in [0.2, 0.25) is 0 Å². The molecule has 0 atom stereocenters. The summed E-state index contributed by atoms with van der Waals surface area (Å²) in [5.74, 6) is -1.66. The fourth-order valence-electron chi connectivity index (χ4n) is 1.12. The van der Waals surface area contributed by atoms with Gasteiger partial charge in [0.05, 0.1) is 30.5 Å². The second-order valence-electron chi connectivity index (χ2n) is 2.98. The molecule has 0 aromatic carbocycles. The maximum Gasteiger partial charge on any atom is 0.311 e. The first kappa shape index (κ1) is 12.5. The van der Waals surface area contributed by atoms with Gasteiger partial charge < -0.3 is 4.74 Å². The first-order valence-corrected chi connectivity index (χ1v) is 4.62. The van der Waals surface area contributed by atoms with E-state index in [0.717, 1.165) is 6.07 Å². The zero-order valence-electron chi connectivity index (χ0n) is 8.54. The van der Waals surface area contributed by atoms with Gasteiger partial charge in [-0.2, -0.15) is 0 Å². The van der Waals surface area contributed by atoms with Crippen LogP contribution < -0.4 is 0 Å². The van der Waals surface area contributed by atoms with Crippen LogP contribution in [0.3, 0.4) is 0 Å². The molecule has 16 heavy (non-hydrogen) atoms. The van der Waals surface area contributed by atoms with Crippen LogP contribution in [0.1, 0.15) is 24.6 Å². The molecule has 88 valence electrons. The van der Waals surface area contributed by atoms with Gasteiger partial charge in [-0.25, -0.2) is 13.2 Å². The topological polar surface area (TPSA) is 39.2 Å². The number of nitrogens with zero attached hydrogens (tertiary/aromatic N) is 1. The van der Waals surface area contributed by atoms with Crippen molar-refractivity contribution in [1.82, 2.24) is 4.98 Å². The predicted molar refractivity (Wildman–Crippen MR) is 49.5 cm³/mol. The molecule has 0 saturated heterocycles. The molecule has 0 radical (unpaired) electrons. The lowest BCUT2D eigenvalue weighted by molar-refractivity contribution is -0.142. The SMILES string of the molecule is CCOC(=O)Cc1cc(C(F)F)c(F)cn1. The molecule has 1 heterocycles. The molecular weight excluding hydrogens is 223 g/mol. The van der Waals surface area contributed by atoms with Gasteiger partial charge in [0.1, 0.15) is 5.82 Å². The molecule has 0 aliphatic rings. The van der Waals surface area contributed by atoms with Crippen molar-refractivity contribution in [3.05, 3.63) is 29.3 Å². The molecular formula is C10H10F3NO2. The molecule has 0 saturated carbocycles. The van der Waals surface area contributed by atoms with Gasteiger partial charge in [-0.1, -0.05) is 0 Å². The Morgan fingerprint density at radius 1 is 1.56 bits per heavy atom. The van der Waals surface area contributed by atoms with E-state index in [1.54, 1.807) is 6.92 Å². The molecule has 1 aromatic rings. The maximum atomic E-state index is 12.8. The zero-order valence-corrected chi connectivity index (χ0v) is 8.54. The highest BCUT2D eigenvalue weighted by molar-refractivity contribution is 5.71. The Hall–Kier alpha value is -1.59. The average Bonchev–Trinajstić information content (AvgIpc) is 2.21. The quantitative estimate of drug-likeness (QED) is 0.749. The van der Waals surface area contributed by atoms with E-state index in [-0.39, 0.29) is 18.7 Å². The highest BCUT2D eigenvalue weighted by atomic mass is 19.3. The first-order chi connectivity index (χ1) is 7.54. The summed E-state index contributed by atoms with van der Waals surface area (Å²) in [6, 6.07) is 0.872. The predicted octanol–water partition coefficient (Wildman–Crippen LogP) is 2.26. The Bertz CT molecular complexity index is 382. The number of hydrogen-bond acceptors (Lipinski definition) is 3. The van der Waals surface area contributed by atoms with E-state index in [4.69, 9.17) is 0 Å². The smallest absolute Gasteiger partial charge is 0.311 e. The number of aromatic nitrogens is 1. The molecule has 1 rings (SSSR count). The summed E-state index contributed by atoms with van der Waals surface area (Å²) in [5.41, 5.74) is -0.690. The lowest BCUT2D eigenvalue weighted by Gasteiger charge is -2.05. The van der Waals surface area contributed by atoms with Crippen LogP contribution in [0.4, 0.5) is 13.2 Å². The van der Waals surface area contributed by atoms with Crippen molar-refractivity contribution in [2.45, 2.75) is 19.8 Å². The summed E-state index contributed by atoms with van der Waals surface area (Å²) in [6.45, 7) is 1.82. The minimum absolute atomic E-state index is 0.0650. The fraction of sp³-hybridized carbons (Fsp3) is 0.400. The number of ether oxygens (including phenoxy) is 1. The van der Waals surface area contributed by atoms with E-state index in [2.05, 4.69) is 9.72 Å². The van der Waals surface area contributed by atoms with Crippen LogP contribution in [0.25, 0.3) is 0 Å². The van der Waals surface area contributed by atoms with Crippen LogP contribution >= 0.6 is 0 Å². The number of hydrogen-bond donors (Lipinski definition) is 0. The number of pyridine rings is 1. The summed E-state index contributed by atoms with van der Waals surface area (Å²) in [6.07, 6.45) is -2.49. The Labute approximate surface area is 90.2 Å². The van der Waals surface area contributed by atoms with Crippen molar-refractivity contribution in [3.63, 3.8) is 0 Å². The lowest BCUT2D eigenvalue weighted by atomic mass is 10.2. The first-order valence-electron chi connectivity index (χ1n) is 4.62. The number of halogens is 3. The fourth-order valence-corrected chi connectivity index (χ4v) is 1.12. The molecule has 1 aromatic heterocycles. The molecule has 0 amide bonds. The number of esters is 1. The van der Waals surface area contributed by atoms with Gasteiger partial charge in [0, 0.05) is 0 Å². The van der Waals surface area contributed by atoms with Crippen LogP contribution in [0.15, 0.2) is 12.3 Å². The molecule has 6 heteroatoms. The summed E-state index contributed by atoms with van der Waals surface area (Å²) in [5, 5.41) is 0. The monoisotopic (exact) mass is 233 g/mol. The lowest BCUT2D eigenvalue weighted by Crippen LogP contribution is -2.09. The molecule has 0 bridgehead atoms. The second kappa shape index (κ2) is 5.48. The molecule has 0 spiro atoms. The summed E-state index contributed by atoms with van der Waals surface area (Å²) < 4.78 is 42.1. The van der Waals surface area contributed by atoms with E-state index in [1.165, 1.54) is 0 Å². The van der Waals surface area contributed by atoms with Gasteiger partial charge in [-0.3, -0.25) is 9.78 Å². The van der Waals surface area contributed by atoms with Gasteiger partial charge in [-0.15, -0.1) is 0 Å². The zero-order chi connectivity index (χ0) is 12.1. The van der Waals surface area contributed by atoms with Gasteiger partial charge in [0.15, 0.2) is 0 Å². The third-order valence-corrected chi connectivity index (χ3v) is 1.81. The van der Waals surface area contributed by atoms with Gasteiger partial charge >= 0.3 is 5.97 Å². The summed E-state index contributed by atoms with van der Waals surface area (Å²) in [7, 11) is 0.